The Balaban J connectivity index is 2.11. The number of benzene rings is 1. The number of halogens is 1. The minimum atomic E-state index is 0.718. The van der Waals surface area contributed by atoms with Gasteiger partial charge in [-0.1, -0.05) is 12.1 Å². The third kappa shape index (κ3) is 2.41. The molecule has 0 aliphatic rings. The molecule has 1 heterocycles. The quantitative estimate of drug-likeness (QED) is 0.599. The average molecular weight is 244 g/mol. The molecule has 74 valence electrons. The monoisotopic (exact) mass is 243 g/mol. The van der Waals surface area contributed by atoms with Crippen LogP contribution in [0, 0.1) is 0 Å². The molecule has 4 heteroatoms. The van der Waals surface area contributed by atoms with Gasteiger partial charge in [-0.05, 0) is 12.1 Å². The predicted molar refractivity (Wildman–Crippen MR) is 66.5 cm³/mol. The second-order valence-electron chi connectivity index (χ2n) is 2.82. The number of nitrogens with zero attached hydrogens (tertiary/aromatic N) is 1. The van der Waals surface area contributed by atoms with Crippen molar-refractivity contribution in [3.63, 3.8) is 0 Å². The van der Waals surface area contributed by atoms with E-state index in [1.54, 1.807) is 11.3 Å². The van der Waals surface area contributed by atoms with Gasteiger partial charge in [0.05, 0.1) is 10.2 Å². The number of thioether (sulfide) groups is 1. The first kappa shape index (κ1) is 10.3. The van der Waals surface area contributed by atoms with Crippen LogP contribution in [-0.4, -0.2) is 16.6 Å². The first-order chi connectivity index (χ1) is 6.90. The zero-order valence-corrected chi connectivity index (χ0v) is 9.96. The topological polar surface area (TPSA) is 12.9 Å². The molecule has 0 aliphatic heterocycles. The van der Waals surface area contributed by atoms with Gasteiger partial charge >= 0.3 is 0 Å². The second kappa shape index (κ2) is 5.01. The molecule has 0 saturated carbocycles. The molecule has 0 N–H and O–H groups in total. The molecule has 0 saturated heterocycles. The number of hydrogen-bond donors (Lipinski definition) is 0. The van der Waals surface area contributed by atoms with Gasteiger partial charge in [0, 0.05) is 17.4 Å². The Bertz CT molecular complexity index is 380. The lowest BCUT2D eigenvalue weighted by Crippen LogP contribution is -1.82. The van der Waals surface area contributed by atoms with Crippen molar-refractivity contribution in [1.82, 2.24) is 4.98 Å². The average Bonchev–Trinajstić information content (AvgIpc) is 2.60. The minimum absolute atomic E-state index is 0.718. The molecule has 0 bridgehead atoms. The lowest BCUT2D eigenvalue weighted by Gasteiger charge is -1.92. The lowest BCUT2D eigenvalue weighted by atomic mass is 10.3. The smallest absolute Gasteiger partial charge is 0.104 e. The Hall–Kier alpha value is -0.250. The van der Waals surface area contributed by atoms with Gasteiger partial charge in [-0.25, -0.2) is 4.98 Å². The van der Waals surface area contributed by atoms with Gasteiger partial charge in [0.25, 0.3) is 0 Å². The third-order valence-electron chi connectivity index (χ3n) is 1.79. The lowest BCUT2D eigenvalue weighted by molar-refractivity contribution is 1.30. The molecule has 0 radical (unpaired) electrons. The molecule has 14 heavy (non-hydrogen) atoms. The van der Waals surface area contributed by atoms with Gasteiger partial charge in [-0.2, -0.15) is 11.8 Å². The van der Waals surface area contributed by atoms with Crippen molar-refractivity contribution in [3.05, 3.63) is 29.3 Å². The summed E-state index contributed by atoms with van der Waals surface area (Å²) < 4.78 is 1.27. The van der Waals surface area contributed by atoms with Crippen LogP contribution in [0.1, 0.15) is 5.01 Å². The fraction of sp³-hybridized carbons (Fsp3) is 0.300. The van der Waals surface area contributed by atoms with Crippen LogP contribution in [0.25, 0.3) is 10.2 Å². The van der Waals surface area contributed by atoms with Crippen LogP contribution in [0.3, 0.4) is 0 Å². The zero-order valence-electron chi connectivity index (χ0n) is 7.57. The Labute approximate surface area is 96.5 Å². The van der Waals surface area contributed by atoms with Crippen LogP contribution >= 0.6 is 34.7 Å². The van der Waals surface area contributed by atoms with Crippen molar-refractivity contribution in [2.24, 2.45) is 0 Å². The summed E-state index contributed by atoms with van der Waals surface area (Å²) in [6.07, 6.45) is 0. The van der Waals surface area contributed by atoms with Gasteiger partial charge in [-0.3, -0.25) is 0 Å². The van der Waals surface area contributed by atoms with Crippen molar-refractivity contribution < 1.29 is 0 Å². The highest BCUT2D eigenvalue weighted by atomic mass is 35.5. The van der Waals surface area contributed by atoms with E-state index in [-0.39, 0.29) is 0 Å². The summed E-state index contributed by atoms with van der Waals surface area (Å²) in [5, 5.41) is 1.20. The molecular formula is C10H10ClNS2. The fourth-order valence-electron chi connectivity index (χ4n) is 1.20. The van der Waals surface area contributed by atoms with E-state index in [4.69, 9.17) is 11.6 Å². The highest BCUT2D eigenvalue weighted by molar-refractivity contribution is 7.98. The first-order valence-electron chi connectivity index (χ1n) is 4.38. The van der Waals surface area contributed by atoms with Crippen molar-refractivity contribution in [1.29, 1.82) is 0 Å². The summed E-state index contributed by atoms with van der Waals surface area (Å²) in [4.78, 5) is 4.54. The number of rotatable bonds is 4. The number of hydrogen-bond acceptors (Lipinski definition) is 3. The SMILES string of the molecule is ClCCSCc1nc2ccccc2s1. The van der Waals surface area contributed by atoms with E-state index >= 15 is 0 Å². The van der Waals surface area contributed by atoms with E-state index in [0.29, 0.717) is 0 Å². The van der Waals surface area contributed by atoms with Gasteiger partial charge in [-0.15, -0.1) is 22.9 Å². The van der Waals surface area contributed by atoms with E-state index < -0.39 is 0 Å². The van der Waals surface area contributed by atoms with E-state index in [1.807, 2.05) is 17.8 Å². The molecule has 0 unspecified atom stereocenters. The molecular weight excluding hydrogens is 234 g/mol. The van der Waals surface area contributed by atoms with Crippen molar-refractivity contribution >= 4 is 44.9 Å². The van der Waals surface area contributed by atoms with Gasteiger partial charge in [0.2, 0.25) is 0 Å². The maximum Gasteiger partial charge on any atom is 0.104 e. The second-order valence-corrected chi connectivity index (χ2v) is 5.42. The van der Waals surface area contributed by atoms with Crippen molar-refractivity contribution in [2.75, 3.05) is 11.6 Å². The van der Waals surface area contributed by atoms with Crippen molar-refractivity contribution in [2.45, 2.75) is 5.75 Å². The summed E-state index contributed by atoms with van der Waals surface area (Å²) in [7, 11) is 0. The standard InChI is InChI=1S/C10H10ClNS2/c11-5-6-13-7-10-12-8-3-1-2-4-9(8)14-10/h1-4H,5-7H2. The van der Waals surface area contributed by atoms with E-state index in [9.17, 15) is 0 Å². The summed E-state index contributed by atoms with van der Waals surface area (Å²) in [5.74, 6) is 2.69. The molecule has 1 aromatic heterocycles. The third-order valence-corrected chi connectivity index (χ3v) is 4.39. The zero-order chi connectivity index (χ0) is 9.80. The number of para-hydroxylation sites is 1. The number of aromatic nitrogens is 1. The maximum atomic E-state index is 5.61. The van der Waals surface area contributed by atoms with Crippen LogP contribution in [0.4, 0.5) is 0 Å². The first-order valence-corrected chi connectivity index (χ1v) is 6.89. The van der Waals surface area contributed by atoms with Crippen LogP contribution in [0.15, 0.2) is 24.3 Å². The molecule has 0 atom stereocenters. The predicted octanol–water partition coefficient (Wildman–Crippen LogP) is 3.77. The summed E-state index contributed by atoms with van der Waals surface area (Å²) in [5.41, 5.74) is 1.11. The highest BCUT2D eigenvalue weighted by Crippen LogP contribution is 2.24. The summed E-state index contributed by atoms with van der Waals surface area (Å²) >= 11 is 9.22. The van der Waals surface area contributed by atoms with Gasteiger partial charge in [0.1, 0.15) is 5.01 Å². The number of thiazole rings is 1. The number of fused-ring (bicyclic) bond motifs is 1. The Kier molecular flexibility index (Phi) is 3.67. The van der Waals surface area contributed by atoms with Gasteiger partial charge in [0.15, 0.2) is 0 Å². The normalized spacial score (nSPS) is 10.9. The molecule has 0 aliphatic carbocycles. The Morgan fingerprint density at radius 2 is 2.21 bits per heavy atom. The fourth-order valence-corrected chi connectivity index (χ4v) is 3.26. The Morgan fingerprint density at radius 1 is 1.36 bits per heavy atom. The van der Waals surface area contributed by atoms with Gasteiger partial charge < -0.3 is 0 Å². The van der Waals surface area contributed by atoms with E-state index in [2.05, 4.69) is 23.2 Å². The van der Waals surface area contributed by atoms with Crippen LogP contribution in [0.5, 0.6) is 0 Å². The highest BCUT2D eigenvalue weighted by Gasteiger charge is 2.02. The Morgan fingerprint density at radius 3 is 3.00 bits per heavy atom. The number of alkyl halides is 1. The molecule has 0 amide bonds. The summed E-state index contributed by atoms with van der Waals surface area (Å²) in [6.45, 7) is 0. The van der Waals surface area contributed by atoms with Crippen LogP contribution in [0.2, 0.25) is 0 Å². The largest absolute Gasteiger partial charge is 0.240 e. The van der Waals surface area contributed by atoms with Crippen molar-refractivity contribution in [3.8, 4) is 0 Å². The molecule has 1 nitrogen and oxygen atoms in total. The summed E-state index contributed by atoms with van der Waals surface area (Å²) in [6, 6.07) is 8.25. The van der Waals surface area contributed by atoms with Crippen LogP contribution < -0.4 is 0 Å². The maximum absolute atomic E-state index is 5.61. The minimum Gasteiger partial charge on any atom is -0.240 e. The van der Waals surface area contributed by atoms with E-state index in [1.165, 1.54) is 9.71 Å². The molecule has 2 aromatic rings. The molecule has 0 fully saturated rings. The van der Waals surface area contributed by atoms with Crippen LogP contribution in [-0.2, 0) is 5.75 Å². The van der Waals surface area contributed by atoms with E-state index in [0.717, 1.165) is 22.9 Å². The molecule has 2 rings (SSSR count). The molecule has 1 aromatic carbocycles. The molecule has 0 spiro atoms.